The Bertz CT molecular complexity index is 1230. The second-order valence-electron chi connectivity index (χ2n) is 7.67. The van der Waals surface area contributed by atoms with E-state index in [1.54, 1.807) is 6.07 Å². The molecule has 3 rings (SSSR count). The van der Waals surface area contributed by atoms with Gasteiger partial charge in [-0.15, -0.1) is 0 Å². The number of primary amides is 1. The number of benzene rings is 1. The van der Waals surface area contributed by atoms with Crippen LogP contribution in [0.1, 0.15) is 36.9 Å². The molecule has 1 aliphatic rings. The first kappa shape index (κ1) is 25.9. The van der Waals surface area contributed by atoms with Gasteiger partial charge in [0, 0.05) is 18.5 Å². The van der Waals surface area contributed by atoms with Crippen molar-refractivity contribution in [3.05, 3.63) is 33.4 Å². The summed E-state index contributed by atoms with van der Waals surface area (Å²) in [7, 11) is -10.1. The number of nitrogens with zero attached hydrogens (tertiary/aromatic N) is 3. The molecule has 0 saturated heterocycles. The molecule has 0 atom stereocenters. The van der Waals surface area contributed by atoms with Crippen LogP contribution in [-0.4, -0.2) is 33.3 Å². The number of nitriles is 1. The number of aromatic nitrogens is 2. The van der Waals surface area contributed by atoms with Gasteiger partial charge in [-0.05, 0) is 31.4 Å². The third kappa shape index (κ3) is 4.86. The third-order valence-electron chi connectivity index (χ3n) is 5.20. The van der Waals surface area contributed by atoms with E-state index in [9.17, 15) is 34.3 Å². The van der Waals surface area contributed by atoms with Gasteiger partial charge in [0.2, 0.25) is 5.91 Å². The molecule has 1 amide bonds. The number of carboxylic acids is 1. The Kier molecular flexibility index (Phi) is 5.80. The van der Waals surface area contributed by atoms with Crippen LogP contribution in [0.2, 0.25) is 10.0 Å². The van der Waals surface area contributed by atoms with Gasteiger partial charge in [-0.1, -0.05) is 42.6 Å². The number of aliphatic carboxylic acids is 1. The fourth-order valence-electron chi connectivity index (χ4n) is 3.43. The molecule has 0 spiro atoms. The molecule has 2 aromatic rings. The Labute approximate surface area is 199 Å². The summed E-state index contributed by atoms with van der Waals surface area (Å²) in [6.45, 7) is -0.0243. The minimum absolute atomic E-state index is 0.00703. The maximum atomic E-state index is 13.3. The van der Waals surface area contributed by atoms with Crippen LogP contribution in [0.4, 0.5) is 25.2 Å². The van der Waals surface area contributed by atoms with Crippen molar-refractivity contribution in [1.29, 1.82) is 5.26 Å². The molecule has 0 bridgehead atoms. The molecule has 1 heterocycles. The molecule has 0 aliphatic heterocycles. The first-order valence-electron chi connectivity index (χ1n) is 9.44. The molecule has 1 aliphatic carbocycles. The summed E-state index contributed by atoms with van der Waals surface area (Å²) in [5, 5.41) is 23.5. The predicted molar refractivity (Wildman–Crippen MR) is 115 cm³/mol. The van der Waals surface area contributed by atoms with Gasteiger partial charge in [0.15, 0.2) is 5.69 Å². The van der Waals surface area contributed by atoms with Crippen LogP contribution in [0.5, 0.6) is 0 Å². The van der Waals surface area contributed by atoms with Crippen molar-refractivity contribution in [3.63, 3.8) is 0 Å². The van der Waals surface area contributed by atoms with Crippen LogP contribution < -0.4 is 11.1 Å². The third-order valence-corrected chi connectivity index (χ3v) is 6.90. The molecule has 16 heteroatoms. The van der Waals surface area contributed by atoms with E-state index in [2.05, 4.69) is 10.4 Å². The van der Waals surface area contributed by atoms with Gasteiger partial charge in [0.05, 0.1) is 15.5 Å². The Morgan fingerprint density at radius 3 is 2.21 bits per heavy atom. The molecule has 1 fully saturated rings. The summed E-state index contributed by atoms with van der Waals surface area (Å²) in [5.41, 5.74) is 3.45. The van der Waals surface area contributed by atoms with Gasteiger partial charge in [0.1, 0.15) is 22.5 Å². The van der Waals surface area contributed by atoms with E-state index in [0.29, 0.717) is 0 Å². The number of nitrogens with two attached hydrogens (primary N) is 1. The lowest BCUT2D eigenvalue weighted by molar-refractivity contribution is -0.137. The number of nitrogens with one attached hydrogen (secondary N) is 1. The zero-order valence-corrected chi connectivity index (χ0v) is 19.3. The van der Waals surface area contributed by atoms with Crippen LogP contribution in [0.25, 0.3) is 5.69 Å². The number of hydrogen-bond donors (Lipinski definition) is 3. The van der Waals surface area contributed by atoms with Crippen LogP contribution in [0.15, 0.2) is 17.0 Å². The maximum Gasteiger partial charge on any atom is 0.310 e. The molecule has 8 nitrogen and oxygen atoms in total. The second kappa shape index (κ2) is 7.62. The molecule has 1 saturated carbocycles. The standard InChI is InChI=1S/C18H16Cl2F5N5O3S/c19-10-6-9(34(21,22,23,24)25)7-11(20)15(10)30-16(28-5-1-2-13(31)32)14(12(8-26)29-30)18(3-4-18)17(27)33/h6-7,28H,1-5H2,(H2,27,33)(H,31,32). The normalized spacial score (nSPS) is 16.8. The van der Waals surface area contributed by atoms with Crippen LogP contribution >= 0.6 is 33.4 Å². The van der Waals surface area contributed by atoms with Crippen molar-refractivity contribution in [2.45, 2.75) is 36.0 Å². The zero-order chi connectivity index (χ0) is 25.8. The van der Waals surface area contributed by atoms with Gasteiger partial charge in [0.25, 0.3) is 0 Å². The molecule has 4 N–H and O–H groups in total. The number of carbonyl (C=O) groups excluding carboxylic acids is 1. The number of anilines is 1. The van der Waals surface area contributed by atoms with Crippen molar-refractivity contribution >= 4 is 51.1 Å². The Morgan fingerprint density at radius 2 is 1.79 bits per heavy atom. The summed E-state index contributed by atoms with van der Waals surface area (Å²) in [6.07, 6.45) is 0.326. The highest BCUT2D eigenvalue weighted by Crippen LogP contribution is 3.02. The largest absolute Gasteiger partial charge is 0.481 e. The first-order valence-corrected chi connectivity index (χ1v) is 12.1. The molecule has 1 aromatic heterocycles. The Morgan fingerprint density at radius 1 is 1.24 bits per heavy atom. The number of rotatable bonds is 9. The topological polar surface area (TPSA) is 134 Å². The molecular weight excluding hydrogens is 532 g/mol. The number of carbonyl (C=O) groups is 2. The molecule has 0 radical (unpaired) electrons. The van der Waals surface area contributed by atoms with Crippen molar-refractivity contribution in [2.75, 3.05) is 11.9 Å². The van der Waals surface area contributed by atoms with Crippen LogP contribution in [0, 0.1) is 11.3 Å². The van der Waals surface area contributed by atoms with Crippen molar-refractivity contribution in [3.8, 4) is 11.8 Å². The number of amides is 1. The smallest absolute Gasteiger partial charge is 0.310 e. The molecule has 0 unspecified atom stereocenters. The highest BCUT2D eigenvalue weighted by Gasteiger charge is 2.65. The lowest BCUT2D eigenvalue weighted by atomic mass is 9.94. The van der Waals surface area contributed by atoms with Gasteiger partial charge in [-0.2, -0.15) is 10.4 Å². The second-order valence-corrected chi connectivity index (χ2v) is 10.9. The SMILES string of the molecule is N#Cc1nn(-c2c(Cl)cc(S(F)(F)(F)(F)F)cc2Cl)c(NCCCC(=O)O)c1C1(C(N)=O)CC1. The predicted octanol–water partition coefficient (Wildman–Crippen LogP) is 5.50. The Hall–Kier alpha value is -2.76. The fraction of sp³-hybridized carbons (Fsp3) is 0.333. The molecule has 1 aromatic carbocycles. The Balaban J connectivity index is 2.23. The first-order chi connectivity index (χ1) is 15.4. The van der Waals surface area contributed by atoms with E-state index >= 15 is 0 Å². The van der Waals surface area contributed by atoms with Crippen molar-refractivity contribution in [2.24, 2.45) is 5.73 Å². The maximum absolute atomic E-state index is 13.3. The summed E-state index contributed by atoms with van der Waals surface area (Å²) in [5.74, 6) is -1.98. The minimum atomic E-state index is -10.1. The van der Waals surface area contributed by atoms with Gasteiger partial charge in [-0.3, -0.25) is 9.59 Å². The van der Waals surface area contributed by atoms with E-state index in [1.165, 1.54) is 0 Å². The average Bonchev–Trinajstić information content (AvgIpc) is 3.40. The van der Waals surface area contributed by atoms with Crippen LogP contribution in [-0.2, 0) is 15.0 Å². The highest BCUT2D eigenvalue weighted by molar-refractivity contribution is 8.45. The van der Waals surface area contributed by atoms with E-state index in [0.717, 1.165) is 4.68 Å². The van der Waals surface area contributed by atoms with Crippen molar-refractivity contribution in [1.82, 2.24) is 9.78 Å². The zero-order valence-electron chi connectivity index (χ0n) is 16.9. The quantitative estimate of drug-likeness (QED) is 0.280. The van der Waals surface area contributed by atoms with E-state index in [1.807, 2.05) is 0 Å². The van der Waals surface area contributed by atoms with Gasteiger partial charge >= 0.3 is 16.2 Å². The molecular formula is C18H16Cl2F5N5O3S. The number of carboxylic acid groups (broad SMARTS) is 1. The van der Waals surface area contributed by atoms with Gasteiger partial charge < -0.3 is 16.2 Å². The lowest BCUT2D eigenvalue weighted by Crippen LogP contribution is -2.29. The molecule has 186 valence electrons. The van der Waals surface area contributed by atoms with E-state index < -0.39 is 48.1 Å². The summed E-state index contributed by atoms with van der Waals surface area (Å²) >= 11 is 11.9. The lowest BCUT2D eigenvalue weighted by Gasteiger charge is -2.40. The van der Waals surface area contributed by atoms with E-state index in [4.69, 9.17) is 34.0 Å². The monoisotopic (exact) mass is 547 g/mol. The van der Waals surface area contributed by atoms with Crippen molar-refractivity contribution < 1.29 is 34.1 Å². The summed E-state index contributed by atoms with van der Waals surface area (Å²) < 4.78 is 67.2. The molecule has 34 heavy (non-hydrogen) atoms. The fourth-order valence-corrected chi connectivity index (χ4v) is 4.89. The van der Waals surface area contributed by atoms with Crippen LogP contribution in [0.3, 0.4) is 0 Å². The summed E-state index contributed by atoms with van der Waals surface area (Å²) in [6, 6.07) is 1.75. The minimum Gasteiger partial charge on any atom is -0.481 e. The highest BCUT2D eigenvalue weighted by atomic mass is 35.5. The average molecular weight is 548 g/mol. The summed E-state index contributed by atoms with van der Waals surface area (Å²) in [4.78, 5) is 20.6. The number of halogens is 7. The van der Waals surface area contributed by atoms with E-state index in [-0.39, 0.29) is 61.4 Å². The number of hydrogen-bond acceptors (Lipinski definition) is 5. The van der Waals surface area contributed by atoms with Gasteiger partial charge in [-0.25, -0.2) is 4.68 Å².